The van der Waals surface area contributed by atoms with Crippen LogP contribution in [-0.2, 0) is 10.0 Å². The van der Waals surface area contributed by atoms with Crippen LogP contribution in [-0.4, -0.2) is 37.8 Å². The van der Waals surface area contributed by atoms with Gasteiger partial charge in [0.25, 0.3) is 0 Å². The maximum absolute atomic E-state index is 12.7. The molecule has 0 N–H and O–H groups in total. The number of aromatic nitrogens is 1. The molecule has 1 heterocycles. The van der Waals surface area contributed by atoms with Crippen LogP contribution in [0.25, 0.3) is 0 Å². The summed E-state index contributed by atoms with van der Waals surface area (Å²) in [6, 6.07) is 4.17. The van der Waals surface area contributed by atoms with Gasteiger partial charge in [0.05, 0.1) is 11.2 Å². The van der Waals surface area contributed by atoms with E-state index in [1.807, 2.05) is 0 Å². The number of nitrogens with zero attached hydrogens (tertiary/aromatic N) is 2. The summed E-state index contributed by atoms with van der Waals surface area (Å²) < 4.78 is 31.5. The minimum atomic E-state index is -3.81. The molecule has 6 nitrogen and oxygen atoms in total. The first kappa shape index (κ1) is 19.3. The van der Waals surface area contributed by atoms with Gasteiger partial charge in [-0.05, 0) is 31.0 Å². The summed E-state index contributed by atoms with van der Waals surface area (Å²) in [5.41, 5.74) is 2.38. The average Bonchev–Trinajstić information content (AvgIpc) is 3.26. The molecule has 1 aromatic heterocycles. The van der Waals surface area contributed by atoms with Gasteiger partial charge in [-0.15, -0.1) is 11.3 Å². The summed E-state index contributed by atoms with van der Waals surface area (Å²) in [4.78, 5) is 17.3. The van der Waals surface area contributed by atoms with Crippen LogP contribution in [0.15, 0.2) is 28.6 Å². The number of hydrogen-bond acceptors (Lipinski definition) is 6. The van der Waals surface area contributed by atoms with Crippen molar-refractivity contribution in [3.8, 4) is 5.75 Å². The van der Waals surface area contributed by atoms with Gasteiger partial charge in [0.15, 0.2) is 5.75 Å². The Labute approximate surface area is 161 Å². The van der Waals surface area contributed by atoms with Crippen LogP contribution in [0.2, 0.25) is 5.02 Å². The lowest BCUT2D eigenvalue weighted by Crippen LogP contribution is -2.23. The average molecular weight is 415 g/mol. The fourth-order valence-corrected chi connectivity index (χ4v) is 5.03. The Morgan fingerprint density at radius 3 is 2.65 bits per heavy atom. The lowest BCUT2D eigenvalue weighted by atomic mass is 10.0. The second-order valence-electron chi connectivity index (χ2n) is 6.32. The predicted octanol–water partition coefficient (Wildman–Crippen LogP) is 3.92. The Hall–Kier alpha value is -1.48. The summed E-state index contributed by atoms with van der Waals surface area (Å²) >= 11 is 7.16. The number of sulfonamides is 1. The highest BCUT2D eigenvalue weighted by Gasteiger charge is 2.29. The van der Waals surface area contributed by atoms with Gasteiger partial charge in [-0.2, -0.15) is 0 Å². The Morgan fingerprint density at radius 2 is 2.00 bits per heavy atom. The molecule has 0 spiro atoms. The third-order valence-corrected chi connectivity index (χ3v) is 7.28. The van der Waals surface area contributed by atoms with Crippen LogP contribution < -0.4 is 4.74 Å². The number of carbonyl (C=O) groups is 1. The van der Waals surface area contributed by atoms with Crippen LogP contribution in [0, 0.1) is 0 Å². The van der Waals surface area contributed by atoms with Crippen LogP contribution >= 0.6 is 22.9 Å². The highest BCUT2D eigenvalue weighted by atomic mass is 35.5. The van der Waals surface area contributed by atoms with E-state index >= 15 is 0 Å². The fraction of sp³-hybridized carbons (Fsp3) is 0.412. The first-order chi connectivity index (χ1) is 12.3. The fourth-order valence-electron chi connectivity index (χ4n) is 3.01. The maximum atomic E-state index is 12.7. The molecule has 3 rings (SSSR count). The second-order valence-corrected chi connectivity index (χ2v) is 9.73. The largest absolute Gasteiger partial charge is 0.421 e. The predicted molar refractivity (Wildman–Crippen MR) is 101 cm³/mol. The number of hydrogen-bond donors (Lipinski definition) is 0. The molecule has 140 valence electrons. The minimum absolute atomic E-state index is 0.0427. The summed E-state index contributed by atoms with van der Waals surface area (Å²) in [6.45, 7) is 0. The molecule has 0 amide bonds. The van der Waals surface area contributed by atoms with Gasteiger partial charge < -0.3 is 4.74 Å². The van der Waals surface area contributed by atoms with E-state index in [1.54, 1.807) is 5.51 Å². The minimum Gasteiger partial charge on any atom is -0.421 e. The number of rotatable bonds is 5. The maximum Gasteiger partial charge on any atom is 0.355 e. The van der Waals surface area contributed by atoms with E-state index in [4.69, 9.17) is 16.3 Å². The number of thiazole rings is 1. The number of halogens is 1. The molecule has 2 aromatic rings. The lowest BCUT2D eigenvalue weighted by molar-refractivity contribution is 0.0733. The van der Waals surface area contributed by atoms with Crippen molar-refractivity contribution in [3.63, 3.8) is 0 Å². The summed E-state index contributed by atoms with van der Waals surface area (Å²) in [7, 11) is -0.999. The molecule has 1 fully saturated rings. The van der Waals surface area contributed by atoms with E-state index in [1.165, 1.54) is 43.6 Å². The number of benzene rings is 1. The molecule has 0 atom stereocenters. The SMILES string of the molecule is CN(C)S(=O)(=O)c1cc(Cl)ccc1OC(=O)c1scnc1C1CCCC1. The zero-order valence-electron chi connectivity index (χ0n) is 14.4. The normalized spacial score (nSPS) is 15.5. The highest BCUT2D eigenvalue weighted by molar-refractivity contribution is 7.89. The smallest absolute Gasteiger partial charge is 0.355 e. The van der Waals surface area contributed by atoms with E-state index in [2.05, 4.69) is 4.98 Å². The van der Waals surface area contributed by atoms with Gasteiger partial charge >= 0.3 is 5.97 Å². The third-order valence-electron chi connectivity index (χ3n) is 4.39. The second kappa shape index (κ2) is 7.64. The summed E-state index contributed by atoms with van der Waals surface area (Å²) in [5, 5.41) is 0.245. The zero-order chi connectivity index (χ0) is 18.9. The molecule has 0 unspecified atom stereocenters. The molecule has 0 radical (unpaired) electrons. The number of carbonyl (C=O) groups excluding carboxylic acids is 1. The van der Waals surface area contributed by atoms with Crippen molar-refractivity contribution < 1.29 is 17.9 Å². The molecular formula is C17H19ClN2O4S2. The zero-order valence-corrected chi connectivity index (χ0v) is 16.8. The molecule has 0 saturated heterocycles. The molecule has 1 saturated carbocycles. The van der Waals surface area contributed by atoms with Gasteiger partial charge in [0, 0.05) is 25.0 Å². The molecule has 1 aliphatic carbocycles. The molecule has 1 aliphatic rings. The van der Waals surface area contributed by atoms with Crippen molar-refractivity contribution in [1.82, 2.24) is 9.29 Å². The van der Waals surface area contributed by atoms with E-state index < -0.39 is 16.0 Å². The van der Waals surface area contributed by atoms with Gasteiger partial charge in [0.2, 0.25) is 10.0 Å². The molecule has 1 aromatic carbocycles. The first-order valence-electron chi connectivity index (χ1n) is 8.18. The molecule has 26 heavy (non-hydrogen) atoms. The van der Waals surface area contributed by atoms with Gasteiger partial charge in [0.1, 0.15) is 9.77 Å². The topological polar surface area (TPSA) is 76.6 Å². The quantitative estimate of drug-likeness (QED) is 0.547. The third kappa shape index (κ3) is 3.78. The van der Waals surface area contributed by atoms with Crippen molar-refractivity contribution in [1.29, 1.82) is 0 Å². The Kier molecular flexibility index (Phi) is 5.67. The molecule has 0 bridgehead atoms. The number of ether oxygens (including phenoxy) is 1. The van der Waals surface area contributed by atoms with Gasteiger partial charge in [-0.25, -0.2) is 22.5 Å². The van der Waals surface area contributed by atoms with Crippen molar-refractivity contribution in [2.45, 2.75) is 36.5 Å². The molecular weight excluding hydrogens is 396 g/mol. The van der Waals surface area contributed by atoms with Crippen molar-refractivity contribution in [2.75, 3.05) is 14.1 Å². The highest BCUT2D eigenvalue weighted by Crippen LogP contribution is 2.37. The van der Waals surface area contributed by atoms with Crippen LogP contribution in [0.4, 0.5) is 0 Å². The van der Waals surface area contributed by atoms with E-state index in [9.17, 15) is 13.2 Å². The van der Waals surface area contributed by atoms with Crippen LogP contribution in [0.1, 0.15) is 47.0 Å². The Morgan fingerprint density at radius 1 is 1.31 bits per heavy atom. The van der Waals surface area contributed by atoms with Gasteiger partial charge in [-0.1, -0.05) is 24.4 Å². The van der Waals surface area contributed by atoms with Crippen LogP contribution in [0.5, 0.6) is 5.75 Å². The van der Waals surface area contributed by atoms with E-state index in [-0.39, 0.29) is 21.6 Å². The summed E-state index contributed by atoms with van der Waals surface area (Å²) in [5.74, 6) is -0.371. The van der Waals surface area contributed by atoms with E-state index in [0.29, 0.717) is 4.88 Å². The summed E-state index contributed by atoms with van der Waals surface area (Å²) in [6.07, 6.45) is 4.26. The Balaban J connectivity index is 1.93. The monoisotopic (exact) mass is 414 g/mol. The lowest BCUT2D eigenvalue weighted by Gasteiger charge is -2.15. The van der Waals surface area contributed by atoms with Crippen molar-refractivity contribution >= 4 is 38.9 Å². The van der Waals surface area contributed by atoms with Crippen molar-refractivity contribution in [3.05, 3.63) is 39.3 Å². The molecule has 9 heteroatoms. The van der Waals surface area contributed by atoms with Crippen LogP contribution in [0.3, 0.4) is 0 Å². The van der Waals surface area contributed by atoms with Gasteiger partial charge in [-0.3, -0.25) is 0 Å². The molecule has 0 aliphatic heterocycles. The van der Waals surface area contributed by atoms with Crippen molar-refractivity contribution in [2.24, 2.45) is 0 Å². The standard InChI is InChI=1S/C17H19ClN2O4S2/c1-20(2)26(22,23)14-9-12(18)7-8-13(14)24-17(21)16-15(19-10-25-16)11-5-3-4-6-11/h7-11H,3-6H2,1-2H3. The number of esters is 1. The Bertz CT molecular complexity index is 919. The first-order valence-corrected chi connectivity index (χ1v) is 10.9. The van der Waals surface area contributed by atoms with E-state index in [0.717, 1.165) is 35.7 Å².